The lowest BCUT2D eigenvalue weighted by molar-refractivity contribution is -0.139. The Balaban J connectivity index is 2.70. The van der Waals surface area contributed by atoms with Crippen molar-refractivity contribution >= 4 is 11.9 Å². The summed E-state index contributed by atoms with van der Waals surface area (Å²) in [5.41, 5.74) is 0. The minimum atomic E-state index is -2.37. The van der Waals surface area contributed by atoms with Crippen molar-refractivity contribution < 1.29 is 36.3 Å². The Kier molecular flexibility index (Phi) is 6.92. The second kappa shape index (κ2) is 8.44. The van der Waals surface area contributed by atoms with Crippen LogP contribution in [0.5, 0.6) is 5.75 Å². The first-order valence-electron chi connectivity index (χ1n) is 6.78. The molecule has 0 saturated carbocycles. The van der Waals surface area contributed by atoms with Gasteiger partial charge >= 0.3 is 5.97 Å². The molecule has 0 radical (unpaired) electrons. The number of amides is 1. The molecule has 1 rings (SSSR count). The summed E-state index contributed by atoms with van der Waals surface area (Å²) in [6.07, 6.45) is 1.54. The number of halogens is 5. The summed E-state index contributed by atoms with van der Waals surface area (Å²) in [6.45, 7) is 2.24. The SMILES string of the molecule is CCCCCNC(=O)CC(=O)Oc1c(F)c(F)c(F)c(F)c1F. The highest BCUT2D eigenvalue weighted by molar-refractivity contribution is 5.95. The third kappa shape index (κ3) is 4.90. The highest BCUT2D eigenvalue weighted by atomic mass is 19.2. The smallest absolute Gasteiger partial charge is 0.320 e. The molecule has 1 aromatic rings. The van der Waals surface area contributed by atoms with Crippen molar-refractivity contribution in [1.82, 2.24) is 5.32 Å². The molecule has 0 fully saturated rings. The van der Waals surface area contributed by atoms with Gasteiger partial charge in [0.05, 0.1) is 0 Å². The quantitative estimate of drug-likeness (QED) is 0.158. The molecule has 9 heteroatoms. The van der Waals surface area contributed by atoms with E-state index in [1.54, 1.807) is 0 Å². The maximum atomic E-state index is 13.3. The van der Waals surface area contributed by atoms with Gasteiger partial charge in [-0.3, -0.25) is 9.59 Å². The van der Waals surface area contributed by atoms with Gasteiger partial charge in [0.1, 0.15) is 6.42 Å². The molecule has 0 bridgehead atoms. The van der Waals surface area contributed by atoms with Crippen LogP contribution >= 0.6 is 0 Å². The van der Waals surface area contributed by atoms with E-state index in [2.05, 4.69) is 10.1 Å². The van der Waals surface area contributed by atoms with Crippen molar-refractivity contribution in [3.8, 4) is 5.75 Å². The van der Waals surface area contributed by atoms with Crippen LogP contribution in [0.25, 0.3) is 0 Å². The molecular weight excluding hydrogens is 325 g/mol. The number of esters is 1. The molecule has 0 unspecified atom stereocenters. The first kappa shape index (κ1) is 18.9. The first-order valence-corrected chi connectivity index (χ1v) is 6.78. The molecule has 0 heterocycles. The van der Waals surface area contributed by atoms with E-state index in [9.17, 15) is 31.5 Å². The van der Waals surface area contributed by atoms with Gasteiger partial charge in [0.25, 0.3) is 0 Å². The van der Waals surface area contributed by atoms with Gasteiger partial charge in [-0.05, 0) is 6.42 Å². The molecule has 128 valence electrons. The lowest BCUT2D eigenvalue weighted by Gasteiger charge is -2.09. The molecule has 4 nitrogen and oxygen atoms in total. The Morgan fingerprint density at radius 1 is 0.913 bits per heavy atom. The highest BCUT2D eigenvalue weighted by Crippen LogP contribution is 2.29. The summed E-state index contributed by atoms with van der Waals surface area (Å²) in [6, 6.07) is 0. The zero-order valence-corrected chi connectivity index (χ0v) is 12.2. The Labute approximate surface area is 128 Å². The molecule has 0 aliphatic heterocycles. The fourth-order valence-electron chi connectivity index (χ4n) is 1.62. The Hall–Kier alpha value is -2.19. The van der Waals surface area contributed by atoms with Crippen molar-refractivity contribution in [2.45, 2.75) is 32.6 Å². The van der Waals surface area contributed by atoms with Crippen LogP contribution in [0.15, 0.2) is 0 Å². The number of rotatable bonds is 7. The maximum Gasteiger partial charge on any atom is 0.320 e. The van der Waals surface area contributed by atoms with Crippen LogP contribution in [-0.4, -0.2) is 18.4 Å². The van der Waals surface area contributed by atoms with E-state index >= 15 is 0 Å². The van der Waals surface area contributed by atoms with Gasteiger partial charge in [-0.1, -0.05) is 19.8 Å². The molecule has 1 N–H and O–H groups in total. The highest BCUT2D eigenvalue weighted by Gasteiger charge is 2.28. The topological polar surface area (TPSA) is 55.4 Å². The van der Waals surface area contributed by atoms with Gasteiger partial charge in [-0.2, -0.15) is 8.78 Å². The summed E-state index contributed by atoms with van der Waals surface area (Å²) in [7, 11) is 0. The number of unbranched alkanes of at least 4 members (excludes halogenated alkanes) is 2. The number of nitrogens with one attached hydrogen (secondary N) is 1. The molecule has 0 spiro atoms. The van der Waals surface area contributed by atoms with Gasteiger partial charge in [0, 0.05) is 6.54 Å². The normalized spacial score (nSPS) is 10.5. The van der Waals surface area contributed by atoms with Gasteiger partial charge in [0.2, 0.25) is 40.7 Å². The predicted molar refractivity (Wildman–Crippen MR) is 69.0 cm³/mol. The number of benzene rings is 1. The third-order valence-electron chi connectivity index (χ3n) is 2.79. The average molecular weight is 339 g/mol. The predicted octanol–water partition coefficient (Wildman–Crippen LogP) is 2.98. The molecule has 0 aromatic heterocycles. The van der Waals surface area contributed by atoms with Crippen molar-refractivity contribution in [2.24, 2.45) is 0 Å². The number of hydrogen-bond donors (Lipinski definition) is 1. The Morgan fingerprint density at radius 2 is 1.43 bits per heavy atom. The van der Waals surface area contributed by atoms with Gasteiger partial charge in [-0.25, -0.2) is 13.2 Å². The average Bonchev–Trinajstić information content (AvgIpc) is 2.52. The van der Waals surface area contributed by atoms with Crippen LogP contribution in [-0.2, 0) is 9.59 Å². The van der Waals surface area contributed by atoms with E-state index in [0.29, 0.717) is 13.0 Å². The lowest BCUT2D eigenvalue weighted by Crippen LogP contribution is -2.28. The molecule has 0 aliphatic rings. The second-order valence-corrected chi connectivity index (χ2v) is 4.61. The standard InChI is InChI=1S/C14H14F5NO3/c1-2-3-4-5-20-7(21)6-8(22)23-14-12(18)10(16)9(15)11(17)13(14)19/h2-6H2,1H3,(H,20,21). The van der Waals surface area contributed by atoms with Crippen molar-refractivity contribution in [3.63, 3.8) is 0 Å². The van der Waals surface area contributed by atoms with Gasteiger partial charge < -0.3 is 10.1 Å². The molecule has 0 saturated heterocycles. The van der Waals surface area contributed by atoms with Crippen molar-refractivity contribution in [2.75, 3.05) is 6.54 Å². The zero-order valence-electron chi connectivity index (χ0n) is 12.2. The summed E-state index contributed by atoms with van der Waals surface area (Å²) < 4.78 is 69.3. The molecule has 1 amide bonds. The maximum absolute atomic E-state index is 13.3. The Bertz CT molecular complexity index is 578. The summed E-state index contributed by atoms with van der Waals surface area (Å²) in [4.78, 5) is 22.7. The fourth-order valence-corrected chi connectivity index (χ4v) is 1.62. The van der Waals surface area contributed by atoms with E-state index in [1.807, 2.05) is 6.92 Å². The van der Waals surface area contributed by atoms with Gasteiger partial charge in [-0.15, -0.1) is 0 Å². The Morgan fingerprint density at radius 3 is 1.96 bits per heavy atom. The third-order valence-corrected chi connectivity index (χ3v) is 2.79. The van der Waals surface area contributed by atoms with Crippen LogP contribution in [0.3, 0.4) is 0 Å². The minimum Gasteiger partial charge on any atom is -0.420 e. The second-order valence-electron chi connectivity index (χ2n) is 4.61. The van der Waals surface area contributed by atoms with Crippen LogP contribution in [0.1, 0.15) is 32.6 Å². The number of ether oxygens (including phenoxy) is 1. The van der Waals surface area contributed by atoms with E-state index in [-0.39, 0.29) is 0 Å². The van der Waals surface area contributed by atoms with E-state index in [4.69, 9.17) is 0 Å². The monoisotopic (exact) mass is 339 g/mol. The van der Waals surface area contributed by atoms with Crippen LogP contribution < -0.4 is 10.1 Å². The van der Waals surface area contributed by atoms with E-state index in [0.717, 1.165) is 12.8 Å². The number of carbonyl (C=O) groups is 2. The summed E-state index contributed by atoms with van der Waals surface area (Å²) in [5.74, 6) is -15.4. The van der Waals surface area contributed by atoms with Gasteiger partial charge in [0.15, 0.2) is 0 Å². The van der Waals surface area contributed by atoms with Crippen LogP contribution in [0.2, 0.25) is 0 Å². The zero-order chi connectivity index (χ0) is 17.6. The molecule has 0 aliphatic carbocycles. The van der Waals surface area contributed by atoms with Crippen LogP contribution in [0, 0.1) is 29.1 Å². The minimum absolute atomic E-state index is 0.294. The number of hydrogen-bond acceptors (Lipinski definition) is 3. The largest absolute Gasteiger partial charge is 0.420 e. The molecule has 0 atom stereocenters. The summed E-state index contributed by atoms with van der Waals surface area (Å²) >= 11 is 0. The van der Waals surface area contributed by atoms with E-state index < -0.39 is 53.1 Å². The van der Waals surface area contributed by atoms with Crippen molar-refractivity contribution in [1.29, 1.82) is 0 Å². The lowest BCUT2D eigenvalue weighted by atomic mass is 10.2. The summed E-state index contributed by atoms with van der Waals surface area (Å²) in [5, 5.41) is 2.36. The number of carbonyl (C=O) groups excluding carboxylic acids is 2. The molecular formula is C14H14F5NO3. The molecule has 1 aromatic carbocycles. The first-order chi connectivity index (χ1) is 10.8. The van der Waals surface area contributed by atoms with Crippen LogP contribution in [0.4, 0.5) is 22.0 Å². The fraction of sp³-hybridized carbons (Fsp3) is 0.429. The van der Waals surface area contributed by atoms with Crippen molar-refractivity contribution in [3.05, 3.63) is 29.1 Å². The van der Waals surface area contributed by atoms with E-state index in [1.165, 1.54) is 0 Å². The molecule has 23 heavy (non-hydrogen) atoms.